The van der Waals surface area contributed by atoms with Gasteiger partial charge < -0.3 is 9.47 Å². The molecule has 0 bridgehead atoms. The highest BCUT2D eigenvalue weighted by molar-refractivity contribution is 5.84. The lowest BCUT2D eigenvalue weighted by Crippen LogP contribution is -2.48. The fourth-order valence-electron chi connectivity index (χ4n) is 3.39. The van der Waals surface area contributed by atoms with Crippen molar-refractivity contribution in [1.82, 2.24) is 4.90 Å². The predicted molar refractivity (Wildman–Crippen MR) is 93.5 cm³/mol. The van der Waals surface area contributed by atoms with Gasteiger partial charge in [0.25, 0.3) is 0 Å². The van der Waals surface area contributed by atoms with Crippen molar-refractivity contribution in [3.05, 3.63) is 35.9 Å². The summed E-state index contributed by atoms with van der Waals surface area (Å²) in [5, 5.41) is 0. The molecule has 1 aliphatic carbocycles. The van der Waals surface area contributed by atoms with E-state index in [4.69, 9.17) is 9.47 Å². The minimum atomic E-state index is -0.589. The average molecular weight is 345 g/mol. The maximum absolute atomic E-state index is 12.8. The van der Waals surface area contributed by atoms with Crippen molar-refractivity contribution < 1.29 is 19.1 Å². The largest absolute Gasteiger partial charge is 0.444 e. The lowest BCUT2D eigenvalue weighted by Gasteiger charge is -2.35. The van der Waals surface area contributed by atoms with Crippen LogP contribution in [0.5, 0.6) is 0 Å². The molecule has 3 rings (SSSR count). The van der Waals surface area contributed by atoms with E-state index in [0.717, 1.165) is 18.4 Å². The van der Waals surface area contributed by atoms with Gasteiger partial charge in [-0.05, 0) is 17.9 Å². The van der Waals surface area contributed by atoms with Crippen LogP contribution in [0.1, 0.15) is 52.0 Å². The minimum Gasteiger partial charge on any atom is -0.444 e. The smallest absolute Gasteiger partial charge is 0.413 e. The molecule has 1 aromatic carbocycles. The highest BCUT2D eigenvalue weighted by Crippen LogP contribution is 2.38. The second kappa shape index (κ2) is 7.06. The first-order valence-corrected chi connectivity index (χ1v) is 9.06. The summed E-state index contributed by atoms with van der Waals surface area (Å²) < 4.78 is 11.1. The van der Waals surface area contributed by atoms with Crippen LogP contribution in [-0.2, 0) is 20.9 Å². The summed E-state index contributed by atoms with van der Waals surface area (Å²) in [6.45, 7) is 6.09. The van der Waals surface area contributed by atoms with Gasteiger partial charge >= 0.3 is 12.1 Å². The summed E-state index contributed by atoms with van der Waals surface area (Å²) in [6, 6.07) is 9.02. The first-order chi connectivity index (χ1) is 11.9. The number of hydrogen-bond donors (Lipinski definition) is 0. The van der Waals surface area contributed by atoms with Gasteiger partial charge in [-0.15, -0.1) is 0 Å². The normalized spacial score (nSPS) is 24.0. The average Bonchev–Trinajstić information content (AvgIpc) is 2.86. The first kappa shape index (κ1) is 17.8. The molecule has 2 atom stereocenters. The van der Waals surface area contributed by atoms with E-state index in [1.54, 1.807) is 0 Å². The quantitative estimate of drug-likeness (QED) is 0.771. The summed E-state index contributed by atoms with van der Waals surface area (Å²) >= 11 is 0. The van der Waals surface area contributed by atoms with Crippen molar-refractivity contribution in [2.45, 2.75) is 65.3 Å². The van der Waals surface area contributed by atoms with E-state index in [-0.39, 0.29) is 18.0 Å². The third-order valence-corrected chi connectivity index (χ3v) is 5.03. The third kappa shape index (κ3) is 3.97. The van der Waals surface area contributed by atoms with E-state index in [9.17, 15) is 9.59 Å². The summed E-state index contributed by atoms with van der Waals surface area (Å²) in [5.74, 6) is 0.198. The van der Waals surface area contributed by atoms with Crippen LogP contribution in [0, 0.1) is 11.3 Å². The van der Waals surface area contributed by atoms with Gasteiger partial charge in [0.15, 0.2) is 6.23 Å². The number of ether oxygens (including phenoxy) is 2. The number of nitrogens with zero attached hydrogens (tertiary/aromatic N) is 1. The Kier molecular flexibility index (Phi) is 5.02. The maximum atomic E-state index is 12.8. The highest BCUT2D eigenvalue weighted by Gasteiger charge is 2.51. The van der Waals surface area contributed by atoms with E-state index < -0.39 is 18.4 Å². The molecule has 1 aliphatic heterocycles. The molecule has 1 amide bonds. The summed E-state index contributed by atoms with van der Waals surface area (Å²) in [6.07, 6.45) is 3.06. The first-order valence-electron chi connectivity index (χ1n) is 9.06. The zero-order valence-corrected chi connectivity index (χ0v) is 15.2. The molecule has 0 spiro atoms. The van der Waals surface area contributed by atoms with Gasteiger partial charge in [-0.3, -0.25) is 4.90 Å². The molecular formula is C20H27NO4. The maximum Gasteiger partial charge on any atom is 0.413 e. The fourth-order valence-corrected chi connectivity index (χ4v) is 3.39. The topological polar surface area (TPSA) is 55.8 Å². The Hall–Kier alpha value is -2.04. The molecule has 1 aromatic rings. The van der Waals surface area contributed by atoms with Crippen LogP contribution in [0.15, 0.2) is 30.3 Å². The van der Waals surface area contributed by atoms with Crippen molar-refractivity contribution in [2.24, 2.45) is 11.3 Å². The Morgan fingerprint density at radius 2 is 1.92 bits per heavy atom. The molecule has 2 fully saturated rings. The molecule has 136 valence electrons. The molecule has 5 nitrogen and oxygen atoms in total. The molecule has 25 heavy (non-hydrogen) atoms. The van der Waals surface area contributed by atoms with Gasteiger partial charge in [0.1, 0.15) is 12.6 Å². The summed E-state index contributed by atoms with van der Waals surface area (Å²) in [5.41, 5.74) is 0.556. The van der Waals surface area contributed by atoms with Crippen LogP contribution >= 0.6 is 0 Å². The SMILES string of the molecule is CC(C)(C)[C@@H]1OC(=O)[C@H](CC2CCC2)N1C(=O)OCc1ccccc1. The predicted octanol–water partition coefficient (Wildman–Crippen LogP) is 4.11. The van der Waals surface area contributed by atoms with Crippen LogP contribution in [-0.4, -0.2) is 29.2 Å². The monoisotopic (exact) mass is 345 g/mol. The molecule has 0 N–H and O–H groups in total. The van der Waals surface area contributed by atoms with Crippen LogP contribution < -0.4 is 0 Å². The van der Waals surface area contributed by atoms with E-state index in [1.165, 1.54) is 11.3 Å². The number of carbonyl (C=O) groups is 2. The number of esters is 1. The molecule has 1 saturated carbocycles. The lowest BCUT2D eigenvalue weighted by atomic mass is 9.80. The van der Waals surface area contributed by atoms with E-state index in [1.807, 2.05) is 51.1 Å². The molecule has 0 aromatic heterocycles. The van der Waals surface area contributed by atoms with Crippen molar-refractivity contribution in [1.29, 1.82) is 0 Å². The van der Waals surface area contributed by atoms with Crippen molar-refractivity contribution in [3.8, 4) is 0 Å². The Balaban J connectivity index is 1.73. The number of rotatable bonds is 4. The highest BCUT2D eigenvalue weighted by atomic mass is 16.6. The van der Waals surface area contributed by atoms with Crippen LogP contribution in [0.2, 0.25) is 0 Å². The molecule has 1 saturated heterocycles. The second-order valence-electron chi connectivity index (χ2n) is 8.15. The Morgan fingerprint density at radius 1 is 1.24 bits per heavy atom. The number of carbonyl (C=O) groups excluding carboxylic acids is 2. The summed E-state index contributed by atoms with van der Waals surface area (Å²) in [7, 11) is 0. The number of benzene rings is 1. The molecule has 0 unspecified atom stereocenters. The summed E-state index contributed by atoms with van der Waals surface area (Å²) in [4.78, 5) is 26.7. The lowest BCUT2D eigenvalue weighted by molar-refractivity contribution is -0.147. The molecular weight excluding hydrogens is 318 g/mol. The van der Waals surface area contributed by atoms with E-state index >= 15 is 0 Å². The van der Waals surface area contributed by atoms with Gasteiger partial charge in [0, 0.05) is 5.41 Å². The Morgan fingerprint density at radius 3 is 2.48 bits per heavy atom. The molecule has 5 heteroatoms. The van der Waals surface area contributed by atoms with Crippen molar-refractivity contribution >= 4 is 12.1 Å². The molecule has 2 aliphatic rings. The van der Waals surface area contributed by atoms with Crippen molar-refractivity contribution in [3.63, 3.8) is 0 Å². The zero-order valence-electron chi connectivity index (χ0n) is 15.2. The van der Waals surface area contributed by atoms with Gasteiger partial charge in [0.05, 0.1) is 0 Å². The number of cyclic esters (lactones) is 1. The van der Waals surface area contributed by atoms with Gasteiger partial charge in [-0.2, -0.15) is 0 Å². The minimum absolute atomic E-state index is 0.192. The second-order valence-corrected chi connectivity index (χ2v) is 8.15. The fraction of sp³-hybridized carbons (Fsp3) is 0.600. The number of amides is 1. The van der Waals surface area contributed by atoms with Crippen LogP contribution in [0.25, 0.3) is 0 Å². The van der Waals surface area contributed by atoms with E-state index in [0.29, 0.717) is 12.3 Å². The third-order valence-electron chi connectivity index (χ3n) is 5.03. The van der Waals surface area contributed by atoms with Crippen LogP contribution in [0.4, 0.5) is 4.79 Å². The number of hydrogen-bond acceptors (Lipinski definition) is 4. The molecule has 0 radical (unpaired) electrons. The zero-order chi connectivity index (χ0) is 18.0. The van der Waals surface area contributed by atoms with Crippen LogP contribution in [0.3, 0.4) is 0 Å². The van der Waals surface area contributed by atoms with Gasteiger partial charge in [-0.1, -0.05) is 70.4 Å². The van der Waals surface area contributed by atoms with Gasteiger partial charge in [0.2, 0.25) is 0 Å². The Bertz CT molecular complexity index is 618. The Labute approximate surface area is 149 Å². The molecule has 1 heterocycles. The van der Waals surface area contributed by atoms with Crippen molar-refractivity contribution in [2.75, 3.05) is 0 Å². The van der Waals surface area contributed by atoms with E-state index in [2.05, 4.69) is 0 Å². The van der Waals surface area contributed by atoms with Gasteiger partial charge in [-0.25, -0.2) is 9.59 Å². The standard InChI is InChI=1S/C20H27NO4/c1-20(2,3)18-21(16(17(22)25-18)12-14-10-7-11-14)19(23)24-13-15-8-5-4-6-9-15/h4-6,8-9,14,16,18H,7,10-13H2,1-3H3/t16-,18-/m0/s1.